The van der Waals surface area contributed by atoms with Gasteiger partial charge in [0.25, 0.3) is 5.91 Å². The second kappa shape index (κ2) is 9.02. The van der Waals surface area contributed by atoms with E-state index >= 15 is 0 Å². The Kier molecular flexibility index (Phi) is 6.75. The van der Waals surface area contributed by atoms with Gasteiger partial charge in [-0.15, -0.1) is 0 Å². The van der Waals surface area contributed by atoms with Crippen LogP contribution in [-0.2, 0) is 14.3 Å². The van der Waals surface area contributed by atoms with Crippen molar-refractivity contribution >= 4 is 17.6 Å². The Morgan fingerprint density at radius 3 is 2.16 bits per heavy atom. The molecule has 0 aliphatic carbocycles. The lowest BCUT2D eigenvalue weighted by molar-refractivity contribution is -0.149. The molecule has 0 aliphatic rings. The van der Waals surface area contributed by atoms with Crippen LogP contribution in [0.5, 0.6) is 0 Å². The molecule has 0 saturated heterocycles. The Morgan fingerprint density at radius 1 is 0.960 bits per heavy atom. The van der Waals surface area contributed by atoms with Gasteiger partial charge in [0.15, 0.2) is 6.61 Å². The van der Waals surface area contributed by atoms with Gasteiger partial charge in [0.1, 0.15) is 0 Å². The first kappa shape index (κ1) is 18.7. The Balaban J connectivity index is 1.87. The molecule has 0 aromatic heterocycles. The van der Waals surface area contributed by atoms with Gasteiger partial charge in [0.2, 0.25) is 0 Å². The van der Waals surface area contributed by atoms with Gasteiger partial charge in [-0.3, -0.25) is 9.59 Å². The number of anilines is 1. The molecule has 0 fully saturated rings. The monoisotopic (exact) mass is 339 g/mol. The van der Waals surface area contributed by atoms with Gasteiger partial charge in [-0.2, -0.15) is 0 Å². The maximum absolute atomic E-state index is 12.2. The quantitative estimate of drug-likeness (QED) is 0.756. The summed E-state index contributed by atoms with van der Waals surface area (Å²) in [6, 6.07) is 17.1. The van der Waals surface area contributed by atoms with Gasteiger partial charge in [-0.25, -0.2) is 0 Å². The van der Waals surface area contributed by atoms with Crippen LogP contribution in [0, 0.1) is 0 Å². The molecule has 2 aromatic rings. The summed E-state index contributed by atoms with van der Waals surface area (Å²) in [7, 11) is 0. The third kappa shape index (κ3) is 5.45. The first-order valence-electron chi connectivity index (χ1n) is 8.62. The summed E-state index contributed by atoms with van der Waals surface area (Å²) < 4.78 is 5.19. The summed E-state index contributed by atoms with van der Waals surface area (Å²) >= 11 is 0. The van der Waals surface area contributed by atoms with Gasteiger partial charge in [0, 0.05) is 5.69 Å². The second-order valence-corrected chi connectivity index (χ2v) is 6.30. The number of benzene rings is 2. The lowest BCUT2D eigenvalue weighted by Crippen LogP contribution is -2.23. The van der Waals surface area contributed by atoms with Crippen LogP contribution >= 0.6 is 0 Å². The van der Waals surface area contributed by atoms with Gasteiger partial charge in [0.05, 0.1) is 5.92 Å². The van der Waals surface area contributed by atoms with Crippen molar-refractivity contribution < 1.29 is 14.3 Å². The molecule has 2 aromatic carbocycles. The molecule has 0 heterocycles. The first-order chi connectivity index (χ1) is 12.0. The molecule has 1 amide bonds. The maximum Gasteiger partial charge on any atom is 0.313 e. The van der Waals surface area contributed by atoms with Crippen molar-refractivity contribution in [1.29, 1.82) is 0 Å². The third-order valence-electron chi connectivity index (χ3n) is 4.10. The number of hydrogen-bond donors (Lipinski definition) is 1. The van der Waals surface area contributed by atoms with E-state index in [0.717, 1.165) is 5.56 Å². The molecule has 25 heavy (non-hydrogen) atoms. The molecule has 4 nitrogen and oxygen atoms in total. The minimum atomic E-state index is -0.376. The number of hydrogen-bond acceptors (Lipinski definition) is 3. The molecule has 0 saturated carbocycles. The zero-order valence-electron chi connectivity index (χ0n) is 15.0. The molecule has 0 radical (unpaired) electrons. The van der Waals surface area contributed by atoms with Gasteiger partial charge < -0.3 is 10.1 Å². The van der Waals surface area contributed by atoms with Crippen molar-refractivity contribution in [2.24, 2.45) is 0 Å². The zero-order valence-corrected chi connectivity index (χ0v) is 15.0. The Labute approximate surface area is 149 Å². The van der Waals surface area contributed by atoms with Crippen molar-refractivity contribution in [3.63, 3.8) is 0 Å². The van der Waals surface area contributed by atoms with E-state index in [0.29, 0.717) is 18.0 Å². The molecular formula is C21H25NO3. The number of carbonyl (C=O) groups excluding carboxylic acids is 2. The number of amides is 1. The standard InChI is InChI=1S/C21H25NO3/c1-4-19(17-8-6-5-7-9-17)21(24)25-14-20(23)22-18-12-10-16(11-13-18)15(2)3/h5-13,15,19H,4,14H2,1-3H3,(H,22,23)/t19-/m1/s1. The highest BCUT2D eigenvalue weighted by molar-refractivity contribution is 5.93. The predicted molar refractivity (Wildman–Crippen MR) is 99.6 cm³/mol. The molecule has 4 heteroatoms. The van der Waals surface area contributed by atoms with Crippen molar-refractivity contribution in [1.82, 2.24) is 0 Å². The van der Waals surface area contributed by atoms with E-state index in [1.807, 2.05) is 61.5 Å². The highest BCUT2D eigenvalue weighted by Gasteiger charge is 2.20. The van der Waals surface area contributed by atoms with Crippen LogP contribution in [-0.4, -0.2) is 18.5 Å². The van der Waals surface area contributed by atoms with Crippen molar-refractivity contribution in [2.45, 2.75) is 39.0 Å². The fourth-order valence-electron chi connectivity index (χ4n) is 2.61. The van der Waals surface area contributed by atoms with Crippen molar-refractivity contribution in [3.8, 4) is 0 Å². The molecule has 0 bridgehead atoms. The summed E-state index contributed by atoms with van der Waals surface area (Å²) in [5.74, 6) is -0.624. The van der Waals surface area contributed by atoms with Crippen LogP contribution in [0.2, 0.25) is 0 Å². The third-order valence-corrected chi connectivity index (χ3v) is 4.10. The smallest absolute Gasteiger partial charge is 0.313 e. The lowest BCUT2D eigenvalue weighted by Gasteiger charge is -2.14. The van der Waals surface area contributed by atoms with E-state index in [9.17, 15) is 9.59 Å². The van der Waals surface area contributed by atoms with E-state index in [4.69, 9.17) is 4.74 Å². The topological polar surface area (TPSA) is 55.4 Å². The summed E-state index contributed by atoms with van der Waals surface area (Å²) in [6.45, 7) is 5.87. The SMILES string of the molecule is CC[C@@H](C(=O)OCC(=O)Nc1ccc(C(C)C)cc1)c1ccccc1. The number of ether oxygens (including phenoxy) is 1. The molecular weight excluding hydrogens is 314 g/mol. The van der Waals surface area contributed by atoms with E-state index in [1.165, 1.54) is 5.56 Å². The fraction of sp³-hybridized carbons (Fsp3) is 0.333. The number of rotatable bonds is 7. The van der Waals surface area contributed by atoms with Crippen LogP contribution in [0.25, 0.3) is 0 Å². The molecule has 0 unspecified atom stereocenters. The Bertz CT molecular complexity index is 693. The normalized spacial score (nSPS) is 11.8. The second-order valence-electron chi connectivity index (χ2n) is 6.30. The summed E-state index contributed by atoms with van der Waals surface area (Å²) in [4.78, 5) is 24.2. The maximum atomic E-state index is 12.2. The predicted octanol–water partition coefficient (Wildman–Crippen LogP) is 4.49. The average Bonchev–Trinajstić information content (AvgIpc) is 2.62. The molecule has 132 valence electrons. The van der Waals surface area contributed by atoms with Crippen molar-refractivity contribution in [3.05, 3.63) is 65.7 Å². The van der Waals surface area contributed by atoms with Gasteiger partial charge >= 0.3 is 5.97 Å². The molecule has 0 spiro atoms. The largest absolute Gasteiger partial charge is 0.455 e. The summed E-state index contributed by atoms with van der Waals surface area (Å²) in [5.41, 5.74) is 2.80. The first-order valence-corrected chi connectivity index (χ1v) is 8.62. The van der Waals surface area contributed by atoms with Crippen LogP contribution in [0.15, 0.2) is 54.6 Å². The molecule has 1 N–H and O–H groups in total. The fourth-order valence-corrected chi connectivity index (χ4v) is 2.61. The van der Waals surface area contributed by atoms with E-state index in [1.54, 1.807) is 0 Å². The Hall–Kier alpha value is -2.62. The van der Waals surface area contributed by atoms with E-state index in [-0.39, 0.29) is 24.4 Å². The average molecular weight is 339 g/mol. The number of nitrogens with one attached hydrogen (secondary N) is 1. The summed E-state index contributed by atoms with van der Waals surface area (Å²) in [6.07, 6.45) is 0.626. The lowest BCUT2D eigenvalue weighted by atomic mass is 9.97. The van der Waals surface area contributed by atoms with E-state index < -0.39 is 0 Å². The van der Waals surface area contributed by atoms with Crippen LogP contribution in [0.1, 0.15) is 50.2 Å². The van der Waals surface area contributed by atoms with Crippen LogP contribution in [0.3, 0.4) is 0 Å². The van der Waals surface area contributed by atoms with Gasteiger partial charge in [-0.05, 0) is 35.6 Å². The molecule has 0 aliphatic heterocycles. The zero-order chi connectivity index (χ0) is 18.2. The van der Waals surface area contributed by atoms with Crippen LogP contribution < -0.4 is 5.32 Å². The highest BCUT2D eigenvalue weighted by atomic mass is 16.5. The minimum Gasteiger partial charge on any atom is -0.455 e. The molecule has 1 atom stereocenters. The van der Waals surface area contributed by atoms with Crippen molar-refractivity contribution in [2.75, 3.05) is 11.9 Å². The number of carbonyl (C=O) groups is 2. The highest BCUT2D eigenvalue weighted by Crippen LogP contribution is 2.21. The minimum absolute atomic E-state index is 0.284. The Morgan fingerprint density at radius 2 is 1.60 bits per heavy atom. The van der Waals surface area contributed by atoms with Crippen LogP contribution in [0.4, 0.5) is 5.69 Å². The van der Waals surface area contributed by atoms with Gasteiger partial charge in [-0.1, -0.05) is 63.2 Å². The van der Waals surface area contributed by atoms with E-state index in [2.05, 4.69) is 19.2 Å². The molecule has 2 rings (SSSR count). The summed E-state index contributed by atoms with van der Waals surface area (Å²) in [5, 5.41) is 2.74. The number of esters is 1.